The topological polar surface area (TPSA) is 46.3 Å². The first-order chi connectivity index (χ1) is 8.24. The average Bonchev–Trinajstić information content (AvgIpc) is 2.88. The second-order valence-electron chi connectivity index (χ2n) is 4.12. The van der Waals surface area contributed by atoms with Crippen LogP contribution in [0.5, 0.6) is 0 Å². The molecule has 0 bridgehead atoms. The molecule has 0 aliphatic carbocycles. The fourth-order valence-corrected chi connectivity index (χ4v) is 2.83. The number of thiophene rings is 1. The molecule has 0 unspecified atom stereocenters. The number of nitrogen functional groups attached to an aromatic ring is 1. The van der Waals surface area contributed by atoms with Gasteiger partial charge in [0.05, 0.1) is 13.0 Å². The van der Waals surface area contributed by atoms with E-state index >= 15 is 0 Å². The summed E-state index contributed by atoms with van der Waals surface area (Å²) in [5.41, 5.74) is 8.48. The summed E-state index contributed by atoms with van der Waals surface area (Å²) in [6.45, 7) is 0.660. The van der Waals surface area contributed by atoms with E-state index in [1.165, 1.54) is 4.88 Å². The normalized spacial score (nSPS) is 14.1. The van der Waals surface area contributed by atoms with E-state index in [1.807, 2.05) is 40.6 Å². The Labute approximate surface area is 103 Å². The van der Waals surface area contributed by atoms with Crippen molar-refractivity contribution >= 4 is 28.6 Å². The Balaban J connectivity index is 1.94. The van der Waals surface area contributed by atoms with Crippen LogP contribution in [0.4, 0.5) is 11.4 Å². The molecule has 0 atom stereocenters. The summed E-state index contributed by atoms with van der Waals surface area (Å²) in [7, 11) is 0. The zero-order valence-corrected chi connectivity index (χ0v) is 10.0. The fraction of sp³-hybridized carbons (Fsp3) is 0.154. The van der Waals surface area contributed by atoms with Crippen molar-refractivity contribution < 1.29 is 4.79 Å². The molecule has 2 heterocycles. The molecule has 0 saturated heterocycles. The second kappa shape index (κ2) is 3.89. The monoisotopic (exact) mass is 244 g/mol. The molecule has 17 heavy (non-hydrogen) atoms. The smallest absolute Gasteiger partial charge is 0.231 e. The number of nitrogens with two attached hydrogens (primary N) is 1. The highest BCUT2D eigenvalue weighted by atomic mass is 32.1. The van der Waals surface area contributed by atoms with E-state index in [4.69, 9.17) is 5.73 Å². The van der Waals surface area contributed by atoms with Crippen LogP contribution in [0, 0.1) is 0 Å². The standard InChI is InChI=1S/C13H12N2OS/c14-10-3-4-12-9(6-10)7-13(16)15(12)8-11-2-1-5-17-11/h1-6H,7-8,14H2. The van der Waals surface area contributed by atoms with E-state index in [-0.39, 0.29) is 5.91 Å². The van der Waals surface area contributed by atoms with Crippen LogP contribution in [0.3, 0.4) is 0 Å². The number of fused-ring (bicyclic) bond motifs is 1. The molecule has 0 saturated carbocycles. The van der Waals surface area contributed by atoms with E-state index in [1.54, 1.807) is 11.3 Å². The number of benzene rings is 1. The quantitative estimate of drug-likeness (QED) is 0.825. The molecule has 3 rings (SSSR count). The first-order valence-electron chi connectivity index (χ1n) is 5.45. The second-order valence-corrected chi connectivity index (χ2v) is 5.16. The van der Waals surface area contributed by atoms with Gasteiger partial charge in [-0.3, -0.25) is 4.79 Å². The van der Waals surface area contributed by atoms with Gasteiger partial charge in [0, 0.05) is 16.3 Å². The average molecular weight is 244 g/mol. The number of hydrogen-bond donors (Lipinski definition) is 1. The maximum absolute atomic E-state index is 12.0. The van der Waals surface area contributed by atoms with E-state index < -0.39 is 0 Å². The minimum atomic E-state index is 0.152. The highest BCUT2D eigenvalue weighted by Crippen LogP contribution is 2.32. The van der Waals surface area contributed by atoms with Gasteiger partial charge in [-0.15, -0.1) is 11.3 Å². The van der Waals surface area contributed by atoms with Crippen LogP contribution >= 0.6 is 11.3 Å². The van der Waals surface area contributed by atoms with E-state index in [0.717, 1.165) is 16.9 Å². The molecule has 0 spiro atoms. The predicted octanol–water partition coefficient (Wildman–Crippen LogP) is 2.42. The molecule has 0 fully saturated rings. The molecule has 4 heteroatoms. The van der Waals surface area contributed by atoms with Gasteiger partial charge in [0.1, 0.15) is 0 Å². The van der Waals surface area contributed by atoms with Crippen LogP contribution < -0.4 is 10.6 Å². The zero-order valence-electron chi connectivity index (χ0n) is 9.22. The van der Waals surface area contributed by atoms with E-state index in [9.17, 15) is 4.79 Å². The minimum absolute atomic E-state index is 0.152. The van der Waals surface area contributed by atoms with Crippen LogP contribution in [0.15, 0.2) is 35.7 Å². The lowest BCUT2D eigenvalue weighted by Crippen LogP contribution is -2.25. The number of anilines is 2. The zero-order chi connectivity index (χ0) is 11.8. The van der Waals surface area contributed by atoms with Crippen LogP contribution in [0.2, 0.25) is 0 Å². The molecule has 3 nitrogen and oxygen atoms in total. The molecule has 1 aliphatic heterocycles. The Morgan fingerprint density at radius 1 is 1.35 bits per heavy atom. The Hall–Kier alpha value is -1.81. The molecule has 1 aromatic heterocycles. The first-order valence-corrected chi connectivity index (χ1v) is 6.33. The van der Waals surface area contributed by atoms with Crippen LogP contribution in [0.1, 0.15) is 10.4 Å². The number of amides is 1. The molecule has 1 aromatic carbocycles. The predicted molar refractivity (Wildman–Crippen MR) is 70.1 cm³/mol. The maximum Gasteiger partial charge on any atom is 0.231 e. The number of carbonyl (C=O) groups is 1. The molecule has 0 radical (unpaired) electrons. The van der Waals surface area contributed by atoms with Gasteiger partial charge in [-0.1, -0.05) is 6.07 Å². The molecule has 2 aromatic rings. The molecule has 1 amide bonds. The number of hydrogen-bond acceptors (Lipinski definition) is 3. The molecular weight excluding hydrogens is 232 g/mol. The van der Waals surface area contributed by atoms with Gasteiger partial charge in [0.15, 0.2) is 0 Å². The summed E-state index contributed by atoms with van der Waals surface area (Å²) >= 11 is 1.67. The van der Waals surface area contributed by atoms with E-state index in [2.05, 4.69) is 0 Å². The highest BCUT2D eigenvalue weighted by Gasteiger charge is 2.27. The van der Waals surface area contributed by atoms with Gasteiger partial charge >= 0.3 is 0 Å². The van der Waals surface area contributed by atoms with Crippen LogP contribution in [-0.2, 0) is 17.8 Å². The number of nitrogens with zero attached hydrogens (tertiary/aromatic N) is 1. The third kappa shape index (κ3) is 1.80. The summed E-state index contributed by atoms with van der Waals surface area (Å²) in [4.78, 5) is 15.0. The molecule has 1 aliphatic rings. The Morgan fingerprint density at radius 3 is 3.00 bits per heavy atom. The lowest BCUT2D eigenvalue weighted by Gasteiger charge is -2.16. The van der Waals surface area contributed by atoms with Crippen molar-refractivity contribution in [3.63, 3.8) is 0 Å². The summed E-state index contributed by atoms with van der Waals surface area (Å²) in [6, 6.07) is 9.72. The van der Waals surface area contributed by atoms with Gasteiger partial charge in [0.25, 0.3) is 0 Å². The summed E-state index contributed by atoms with van der Waals surface area (Å²) in [5, 5.41) is 2.03. The van der Waals surface area contributed by atoms with Crippen molar-refractivity contribution in [2.75, 3.05) is 10.6 Å². The number of rotatable bonds is 2. The molecule has 86 valence electrons. The molecular formula is C13H12N2OS. The van der Waals surface area contributed by atoms with Gasteiger partial charge in [-0.05, 0) is 35.2 Å². The van der Waals surface area contributed by atoms with Gasteiger partial charge in [-0.25, -0.2) is 0 Å². The summed E-state index contributed by atoms with van der Waals surface area (Å²) in [5.74, 6) is 0.152. The molecule has 2 N–H and O–H groups in total. The summed E-state index contributed by atoms with van der Waals surface area (Å²) < 4.78 is 0. The van der Waals surface area contributed by atoms with Gasteiger partial charge < -0.3 is 10.6 Å². The van der Waals surface area contributed by atoms with Gasteiger partial charge in [0.2, 0.25) is 5.91 Å². The number of carbonyl (C=O) groups excluding carboxylic acids is 1. The lowest BCUT2D eigenvalue weighted by atomic mass is 10.1. The van der Waals surface area contributed by atoms with Crippen molar-refractivity contribution in [2.24, 2.45) is 0 Å². The van der Waals surface area contributed by atoms with Crippen molar-refractivity contribution in [3.05, 3.63) is 46.2 Å². The van der Waals surface area contributed by atoms with Crippen LogP contribution in [-0.4, -0.2) is 5.91 Å². The third-order valence-corrected chi connectivity index (χ3v) is 3.79. The highest BCUT2D eigenvalue weighted by molar-refractivity contribution is 7.09. The van der Waals surface area contributed by atoms with Crippen LogP contribution in [0.25, 0.3) is 0 Å². The first kappa shape index (κ1) is 10.4. The Kier molecular flexibility index (Phi) is 2.37. The van der Waals surface area contributed by atoms with Gasteiger partial charge in [-0.2, -0.15) is 0 Å². The van der Waals surface area contributed by atoms with Crippen molar-refractivity contribution in [2.45, 2.75) is 13.0 Å². The SMILES string of the molecule is Nc1ccc2c(c1)CC(=O)N2Cc1cccs1. The lowest BCUT2D eigenvalue weighted by molar-refractivity contribution is -0.117. The van der Waals surface area contributed by atoms with Crippen molar-refractivity contribution in [3.8, 4) is 0 Å². The summed E-state index contributed by atoms with van der Waals surface area (Å²) in [6.07, 6.45) is 0.464. The Morgan fingerprint density at radius 2 is 2.24 bits per heavy atom. The van der Waals surface area contributed by atoms with Crippen molar-refractivity contribution in [1.29, 1.82) is 0 Å². The minimum Gasteiger partial charge on any atom is -0.399 e. The Bertz CT molecular complexity index is 563. The van der Waals surface area contributed by atoms with E-state index in [0.29, 0.717) is 13.0 Å². The fourth-order valence-electron chi connectivity index (χ4n) is 2.13. The van der Waals surface area contributed by atoms with Crippen molar-refractivity contribution in [1.82, 2.24) is 0 Å². The largest absolute Gasteiger partial charge is 0.399 e. The maximum atomic E-state index is 12.0. The third-order valence-electron chi connectivity index (χ3n) is 2.93.